The molecule has 3 N–H and O–H groups in total. The number of rotatable bonds is 5. The fourth-order valence-electron chi connectivity index (χ4n) is 2.66. The highest BCUT2D eigenvalue weighted by atomic mass is 16.7. The minimum atomic E-state index is -0.341. The van der Waals surface area contributed by atoms with Gasteiger partial charge >= 0.3 is 0 Å². The van der Waals surface area contributed by atoms with Crippen LogP contribution in [0.1, 0.15) is 17.3 Å². The molecule has 2 aromatic carbocycles. The van der Waals surface area contributed by atoms with Crippen LogP contribution in [0.4, 0.5) is 23.0 Å². The molecule has 0 aliphatic carbocycles. The number of amides is 2. The Morgan fingerprint density at radius 3 is 2.17 bits per heavy atom. The summed E-state index contributed by atoms with van der Waals surface area (Å²) in [6.45, 7) is 1.63. The van der Waals surface area contributed by atoms with Crippen molar-refractivity contribution in [2.75, 3.05) is 22.7 Å². The lowest BCUT2D eigenvalue weighted by Gasteiger charge is -2.08. The highest BCUT2D eigenvalue weighted by Gasteiger charge is 2.14. The summed E-state index contributed by atoms with van der Waals surface area (Å²) in [5.41, 5.74) is 2.29. The summed E-state index contributed by atoms with van der Waals surface area (Å²) in [6.07, 6.45) is 2.87. The quantitative estimate of drug-likeness (QED) is 0.612. The molecule has 2 amide bonds. The maximum atomic E-state index is 12.4. The van der Waals surface area contributed by atoms with Crippen LogP contribution in [-0.4, -0.2) is 28.6 Å². The van der Waals surface area contributed by atoms with Gasteiger partial charge in [-0.2, -0.15) is 0 Å². The minimum Gasteiger partial charge on any atom is -0.454 e. The van der Waals surface area contributed by atoms with Crippen molar-refractivity contribution in [1.82, 2.24) is 9.97 Å². The molecule has 0 radical (unpaired) electrons. The Bertz CT molecular complexity index is 1050. The van der Waals surface area contributed by atoms with Gasteiger partial charge in [-0.25, -0.2) is 9.97 Å². The number of ether oxygens (including phenoxy) is 2. The van der Waals surface area contributed by atoms with E-state index in [-0.39, 0.29) is 18.6 Å². The maximum Gasteiger partial charge on any atom is 0.258 e. The second-order valence-electron chi connectivity index (χ2n) is 6.20. The average Bonchev–Trinajstić information content (AvgIpc) is 3.17. The molecule has 1 aromatic heterocycles. The zero-order chi connectivity index (χ0) is 20.2. The van der Waals surface area contributed by atoms with E-state index in [0.717, 1.165) is 5.69 Å². The Hall–Kier alpha value is -4.14. The van der Waals surface area contributed by atoms with Gasteiger partial charge < -0.3 is 25.4 Å². The molecule has 29 heavy (non-hydrogen) atoms. The molecule has 0 saturated heterocycles. The molecule has 9 nitrogen and oxygen atoms in total. The van der Waals surface area contributed by atoms with Gasteiger partial charge in [-0.3, -0.25) is 9.59 Å². The van der Waals surface area contributed by atoms with E-state index in [1.165, 1.54) is 19.3 Å². The largest absolute Gasteiger partial charge is 0.454 e. The Morgan fingerprint density at radius 2 is 1.48 bits per heavy atom. The zero-order valence-corrected chi connectivity index (χ0v) is 15.4. The fourth-order valence-corrected chi connectivity index (χ4v) is 2.66. The molecule has 0 fully saturated rings. The number of carbonyl (C=O) groups excluding carboxylic acids is 2. The van der Waals surface area contributed by atoms with E-state index < -0.39 is 0 Å². The number of nitrogens with one attached hydrogen (secondary N) is 3. The second-order valence-corrected chi connectivity index (χ2v) is 6.20. The Balaban J connectivity index is 1.38. The molecular weight excluding hydrogens is 374 g/mol. The Labute approximate surface area is 166 Å². The first-order valence-electron chi connectivity index (χ1n) is 8.74. The zero-order valence-electron chi connectivity index (χ0n) is 15.4. The van der Waals surface area contributed by atoms with Crippen LogP contribution >= 0.6 is 0 Å². The van der Waals surface area contributed by atoms with Gasteiger partial charge in [-0.15, -0.1) is 0 Å². The SMILES string of the molecule is CC(=O)Nc1ccc(NC(=O)c2cnc(Nc3ccc4c(c3)OCO4)nc2)cc1. The van der Waals surface area contributed by atoms with Crippen molar-refractivity contribution in [3.8, 4) is 11.5 Å². The van der Waals surface area contributed by atoms with Crippen LogP contribution in [0.3, 0.4) is 0 Å². The third-order valence-corrected chi connectivity index (χ3v) is 4.01. The van der Waals surface area contributed by atoms with Crippen molar-refractivity contribution in [2.24, 2.45) is 0 Å². The van der Waals surface area contributed by atoms with E-state index in [1.54, 1.807) is 36.4 Å². The van der Waals surface area contributed by atoms with Crippen molar-refractivity contribution in [3.63, 3.8) is 0 Å². The number of hydrogen-bond donors (Lipinski definition) is 3. The van der Waals surface area contributed by atoms with Crippen LogP contribution in [0.25, 0.3) is 0 Å². The molecule has 0 saturated carbocycles. The van der Waals surface area contributed by atoms with E-state index in [9.17, 15) is 9.59 Å². The van der Waals surface area contributed by atoms with E-state index >= 15 is 0 Å². The Morgan fingerprint density at radius 1 is 0.862 bits per heavy atom. The van der Waals surface area contributed by atoms with E-state index in [2.05, 4.69) is 25.9 Å². The summed E-state index contributed by atoms with van der Waals surface area (Å²) in [7, 11) is 0. The summed E-state index contributed by atoms with van der Waals surface area (Å²) in [4.78, 5) is 31.8. The van der Waals surface area contributed by atoms with Gasteiger partial charge in [0.2, 0.25) is 18.6 Å². The minimum absolute atomic E-state index is 0.159. The van der Waals surface area contributed by atoms with Crippen molar-refractivity contribution in [1.29, 1.82) is 0 Å². The molecule has 0 unspecified atom stereocenters. The first-order chi connectivity index (χ1) is 14.1. The highest BCUT2D eigenvalue weighted by molar-refractivity contribution is 6.04. The number of carbonyl (C=O) groups is 2. The van der Waals surface area contributed by atoms with Crippen molar-refractivity contribution >= 4 is 34.8 Å². The smallest absolute Gasteiger partial charge is 0.258 e. The summed E-state index contributed by atoms with van der Waals surface area (Å²) >= 11 is 0. The van der Waals surface area contributed by atoms with Gasteiger partial charge in [-0.1, -0.05) is 0 Å². The highest BCUT2D eigenvalue weighted by Crippen LogP contribution is 2.34. The number of hydrogen-bond acceptors (Lipinski definition) is 7. The lowest BCUT2D eigenvalue weighted by molar-refractivity contribution is -0.114. The van der Waals surface area contributed by atoms with Crippen LogP contribution in [0.2, 0.25) is 0 Å². The van der Waals surface area contributed by atoms with Gasteiger partial charge in [0, 0.05) is 42.4 Å². The third kappa shape index (κ3) is 4.41. The fraction of sp³-hybridized carbons (Fsp3) is 0.100. The van der Waals surface area contributed by atoms with E-state index in [0.29, 0.717) is 34.4 Å². The first kappa shape index (κ1) is 18.2. The predicted octanol–water partition coefficient (Wildman–Crippen LogP) is 3.16. The van der Waals surface area contributed by atoms with Gasteiger partial charge in [0.25, 0.3) is 5.91 Å². The molecular formula is C20H17N5O4. The van der Waals surface area contributed by atoms with Crippen LogP contribution < -0.4 is 25.4 Å². The van der Waals surface area contributed by atoms with Crippen LogP contribution in [-0.2, 0) is 4.79 Å². The Kier molecular flexibility index (Phi) is 4.93. The predicted molar refractivity (Wildman–Crippen MR) is 107 cm³/mol. The molecule has 0 atom stereocenters. The monoisotopic (exact) mass is 391 g/mol. The maximum absolute atomic E-state index is 12.4. The molecule has 2 heterocycles. The normalized spacial score (nSPS) is 11.6. The lowest BCUT2D eigenvalue weighted by atomic mass is 10.2. The molecule has 0 spiro atoms. The van der Waals surface area contributed by atoms with Crippen molar-refractivity contribution < 1.29 is 19.1 Å². The van der Waals surface area contributed by atoms with E-state index in [4.69, 9.17) is 9.47 Å². The number of fused-ring (bicyclic) bond motifs is 1. The summed E-state index contributed by atoms with van der Waals surface area (Å²) < 4.78 is 10.6. The number of benzene rings is 2. The summed E-state index contributed by atoms with van der Waals surface area (Å²) in [6, 6.07) is 12.2. The molecule has 9 heteroatoms. The standard InChI is InChI=1S/C20H17N5O4/c1-12(26)23-14-2-4-15(5-3-14)24-19(27)13-9-21-20(22-10-13)25-16-6-7-17-18(8-16)29-11-28-17/h2-10H,11H2,1H3,(H,23,26)(H,24,27)(H,21,22,25). The van der Waals surface area contributed by atoms with E-state index in [1.807, 2.05) is 6.07 Å². The molecule has 1 aliphatic heterocycles. The van der Waals surface area contributed by atoms with Gasteiger partial charge in [0.05, 0.1) is 5.56 Å². The topological polar surface area (TPSA) is 114 Å². The number of nitrogens with zero attached hydrogens (tertiary/aromatic N) is 2. The molecule has 0 bridgehead atoms. The molecule has 1 aliphatic rings. The summed E-state index contributed by atoms with van der Waals surface area (Å²) in [5.74, 6) is 1.18. The molecule has 3 aromatic rings. The molecule has 4 rings (SSSR count). The first-order valence-corrected chi connectivity index (χ1v) is 8.74. The van der Waals surface area contributed by atoms with Crippen LogP contribution in [0, 0.1) is 0 Å². The number of anilines is 4. The lowest BCUT2D eigenvalue weighted by Crippen LogP contribution is -2.13. The third-order valence-electron chi connectivity index (χ3n) is 4.01. The second kappa shape index (κ2) is 7.85. The van der Waals surface area contributed by atoms with Crippen LogP contribution in [0.5, 0.6) is 11.5 Å². The van der Waals surface area contributed by atoms with Crippen molar-refractivity contribution in [3.05, 3.63) is 60.4 Å². The average molecular weight is 391 g/mol. The summed E-state index contributed by atoms with van der Waals surface area (Å²) in [5, 5.41) is 8.46. The van der Waals surface area contributed by atoms with Crippen LogP contribution in [0.15, 0.2) is 54.9 Å². The van der Waals surface area contributed by atoms with Crippen molar-refractivity contribution in [2.45, 2.75) is 6.92 Å². The number of aromatic nitrogens is 2. The van der Waals surface area contributed by atoms with Gasteiger partial charge in [0.1, 0.15) is 0 Å². The van der Waals surface area contributed by atoms with Gasteiger partial charge in [-0.05, 0) is 36.4 Å². The molecule has 146 valence electrons. The van der Waals surface area contributed by atoms with Gasteiger partial charge in [0.15, 0.2) is 11.5 Å².